The molecule has 1 saturated heterocycles. The van der Waals surface area contributed by atoms with E-state index < -0.39 is 10.0 Å². The smallest absolute Gasteiger partial charge is 0.207 e. The van der Waals surface area contributed by atoms with Gasteiger partial charge in [-0.1, -0.05) is 29.8 Å². The lowest BCUT2D eigenvalue weighted by Gasteiger charge is -2.23. The fourth-order valence-corrected chi connectivity index (χ4v) is 4.24. The second-order valence-corrected chi connectivity index (χ2v) is 6.73. The summed E-state index contributed by atoms with van der Waals surface area (Å²) in [6.45, 7) is 2.59. The van der Waals surface area contributed by atoms with Crippen LogP contribution in [0.2, 0.25) is 0 Å². The van der Waals surface area contributed by atoms with Gasteiger partial charge in [0.05, 0.1) is 4.90 Å². The Balaban J connectivity index is 1.96. The molecule has 90 valence electrons. The first-order chi connectivity index (χ1) is 8.07. The minimum Gasteiger partial charge on any atom is -0.207 e. The Labute approximate surface area is 102 Å². The molecule has 1 aliphatic heterocycles. The van der Waals surface area contributed by atoms with E-state index in [1.54, 1.807) is 16.4 Å². The minimum absolute atomic E-state index is 0.0753. The molecule has 3 nitrogen and oxygen atoms in total. The van der Waals surface area contributed by atoms with E-state index in [2.05, 4.69) is 6.08 Å². The molecule has 1 heterocycles. The lowest BCUT2D eigenvalue weighted by atomic mass is 10.2. The van der Waals surface area contributed by atoms with Crippen molar-refractivity contribution in [3.8, 4) is 0 Å². The van der Waals surface area contributed by atoms with Crippen molar-refractivity contribution in [1.29, 1.82) is 0 Å². The maximum Gasteiger partial charge on any atom is 0.243 e. The highest BCUT2D eigenvalue weighted by Crippen LogP contribution is 2.35. The molecule has 0 amide bonds. The number of benzene rings is 1. The van der Waals surface area contributed by atoms with Gasteiger partial charge in [-0.05, 0) is 31.4 Å². The number of hydrogen-bond acceptors (Lipinski definition) is 2. The minimum atomic E-state index is -3.30. The lowest BCUT2D eigenvalue weighted by molar-refractivity contribution is 0.422. The number of aryl methyl sites for hydroxylation is 1. The van der Waals surface area contributed by atoms with Crippen LogP contribution in [0.3, 0.4) is 0 Å². The second kappa shape index (κ2) is 3.68. The highest BCUT2D eigenvalue weighted by atomic mass is 32.2. The predicted molar refractivity (Wildman–Crippen MR) is 66.1 cm³/mol. The van der Waals surface area contributed by atoms with E-state index in [0.717, 1.165) is 12.0 Å². The van der Waals surface area contributed by atoms with Gasteiger partial charge >= 0.3 is 0 Å². The van der Waals surface area contributed by atoms with Gasteiger partial charge in [0.15, 0.2) is 0 Å². The molecule has 0 saturated carbocycles. The Bertz CT molecular complexity index is 560. The largest absolute Gasteiger partial charge is 0.243 e. The van der Waals surface area contributed by atoms with Gasteiger partial charge < -0.3 is 0 Å². The van der Waals surface area contributed by atoms with E-state index in [4.69, 9.17) is 0 Å². The van der Waals surface area contributed by atoms with Crippen LogP contribution in [0.5, 0.6) is 0 Å². The highest BCUT2D eigenvalue weighted by molar-refractivity contribution is 7.89. The molecular weight excluding hydrogens is 234 g/mol. The standard InChI is InChI=1S/C13H15NO2S/c1-10-2-6-13(7-3-10)17(15,16)14-9-11-4-5-12(14)8-11/h2-7,11-12H,8-9H2,1H3. The normalized spacial score (nSPS) is 27.8. The van der Waals surface area contributed by atoms with E-state index in [1.807, 2.05) is 25.1 Å². The van der Waals surface area contributed by atoms with Crippen LogP contribution < -0.4 is 0 Å². The van der Waals surface area contributed by atoms with Gasteiger partial charge in [0.25, 0.3) is 0 Å². The molecule has 17 heavy (non-hydrogen) atoms. The van der Waals surface area contributed by atoms with Crippen LogP contribution in [0.15, 0.2) is 41.3 Å². The Morgan fingerprint density at radius 2 is 1.88 bits per heavy atom. The maximum atomic E-state index is 12.4. The van der Waals surface area contributed by atoms with Crippen molar-refractivity contribution in [1.82, 2.24) is 4.31 Å². The molecule has 0 radical (unpaired) electrons. The van der Waals surface area contributed by atoms with E-state index in [1.165, 1.54) is 0 Å². The molecular formula is C13H15NO2S. The third-order valence-corrected chi connectivity index (χ3v) is 5.47. The van der Waals surface area contributed by atoms with E-state index in [-0.39, 0.29) is 6.04 Å². The molecule has 2 atom stereocenters. The van der Waals surface area contributed by atoms with Gasteiger partial charge in [0.1, 0.15) is 0 Å². The molecule has 1 aromatic rings. The van der Waals surface area contributed by atoms with Crippen molar-refractivity contribution < 1.29 is 8.42 Å². The fraction of sp³-hybridized carbons (Fsp3) is 0.385. The molecule has 1 aliphatic carbocycles. The van der Waals surface area contributed by atoms with Crippen molar-refractivity contribution in [2.24, 2.45) is 5.92 Å². The van der Waals surface area contributed by atoms with Crippen LogP contribution in [0.1, 0.15) is 12.0 Å². The number of fused-ring (bicyclic) bond motifs is 2. The number of rotatable bonds is 2. The average Bonchev–Trinajstić information content (AvgIpc) is 2.91. The topological polar surface area (TPSA) is 37.4 Å². The van der Waals surface area contributed by atoms with E-state index in [0.29, 0.717) is 17.4 Å². The zero-order chi connectivity index (χ0) is 12.0. The van der Waals surface area contributed by atoms with Crippen LogP contribution in [0.4, 0.5) is 0 Å². The Kier molecular flexibility index (Phi) is 2.38. The first kappa shape index (κ1) is 11.0. The summed E-state index contributed by atoms with van der Waals surface area (Å²) in [5.74, 6) is 0.417. The van der Waals surface area contributed by atoms with Crippen molar-refractivity contribution in [3.05, 3.63) is 42.0 Å². The summed E-state index contributed by atoms with van der Waals surface area (Å²) < 4.78 is 26.5. The number of nitrogens with zero attached hydrogens (tertiary/aromatic N) is 1. The van der Waals surface area contributed by atoms with Crippen LogP contribution in [0.25, 0.3) is 0 Å². The Morgan fingerprint density at radius 1 is 1.18 bits per heavy atom. The zero-order valence-electron chi connectivity index (χ0n) is 9.70. The summed E-state index contributed by atoms with van der Waals surface area (Å²) in [4.78, 5) is 0.407. The molecule has 1 aromatic carbocycles. The highest BCUT2D eigenvalue weighted by Gasteiger charge is 2.41. The van der Waals surface area contributed by atoms with Crippen molar-refractivity contribution in [2.45, 2.75) is 24.3 Å². The van der Waals surface area contributed by atoms with Crippen LogP contribution in [-0.2, 0) is 10.0 Å². The summed E-state index contributed by atoms with van der Waals surface area (Å²) in [7, 11) is -3.30. The molecule has 0 aromatic heterocycles. The third kappa shape index (κ3) is 1.72. The van der Waals surface area contributed by atoms with E-state index >= 15 is 0 Å². The van der Waals surface area contributed by atoms with Crippen LogP contribution in [0, 0.1) is 12.8 Å². The summed E-state index contributed by atoms with van der Waals surface area (Å²) >= 11 is 0. The molecule has 0 spiro atoms. The molecule has 4 heteroatoms. The predicted octanol–water partition coefficient (Wildman–Crippen LogP) is 1.94. The van der Waals surface area contributed by atoms with Crippen LogP contribution >= 0.6 is 0 Å². The monoisotopic (exact) mass is 249 g/mol. The van der Waals surface area contributed by atoms with Gasteiger partial charge in [0.2, 0.25) is 10.0 Å². The summed E-state index contributed by atoms with van der Waals surface area (Å²) in [6.07, 6.45) is 5.09. The zero-order valence-corrected chi connectivity index (χ0v) is 10.5. The number of hydrogen-bond donors (Lipinski definition) is 0. The number of sulfonamides is 1. The maximum absolute atomic E-state index is 12.4. The average molecular weight is 249 g/mol. The van der Waals surface area contributed by atoms with Gasteiger partial charge in [-0.3, -0.25) is 0 Å². The van der Waals surface area contributed by atoms with Crippen molar-refractivity contribution in [2.75, 3.05) is 6.54 Å². The quantitative estimate of drug-likeness (QED) is 0.751. The molecule has 2 unspecified atom stereocenters. The molecule has 2 aliphatic rings. The van der Waals surface area contributed by atoms with E-state index in [9.17, 15) is 8.42 Å². The molecule has 2 bridgehead atoms. The third-order valence-electron chi connectivity index (χ3n) is 3.56. The van der Waals surface area contributed by atoms with Gasteiger partial charge in [0, 0.05) is 12.6 Å². The van der Waals surface area contributed by atoms with Gasteiger partial charge in [-0.25, -0.2) is 8.42 Å². The van der Waals surface area contributed by atoms with Crippen molar-refractivity contribution in [3.63, 3.8) is 0 Å². The second-order valence-electron chi connectivity index (χ2n) is 4.84. The molecule has 1 fully saturated rings. The Morgan fingerprint density at radius 3 is 2.41 bits per heavy atom. The summed E-state index contributed by atoms with van der Waals surface area (Å²) in [6, 6.07) is 7.15. The lowest BCUT2D eigenvalue weighted by Crippen LogP contribution is -2.35. The molecule has 0 N–H and O–H groups in total. The van der Waals surface area contributed by atoms with Crippen LogP contribution in [-0.4, -0.2) is 25.3 Å². The van der Waals surface area contributed by atoms with Gasteiger partial charge in [-0.2, -0.15) is 4.31 Å². The fourth-order valence-electron chi connectivity index (χ4n) is 2.59. The van der Waals surface area contributed by atoms with Crippen molar-refractivity contribution >= 4 is 10.0 Å². The summed E-state index contributed by atoms with van der Waals surface area (Å²) in [5.41, 5.74) is 1.08. The summed E-state index contributed by atoms with van der Waals surface area (Å²) in [5, 5.41) is 0. The first-order valence-corrected chi connectivity index (χ1v) is 7.28. The Hall–Kier alpha value is -1.13. The van der Waals surface area contributed by atoms with Gasteiger partial charge in [-0.15, -0.1) is 0 Å². The molecule has 3 rings (SSSR count). The SMILES string of the molecule is Cc1ccc(S(=O)(=O)N2CC3C=CC2C3)cc1. The first-order valence-electron chi connectivity index (χ1n) is 5.84.